The van der Waals surface area contributed by atoms with Crippen LogP contribution >= 0.6 is 0 Å². The summed E-state index contributed by atoms with van der Waals surface area (Å²) in [5.74, 6) is -0.245. The summed E-state index contributed by atoms with van der Waals surface area (Å²) in [7, 11) is 0. The lowest BCUT2D eigenvalue weighted by atomic mass is 10.2. The van der Waals surface area contributed by atoms with Crippen molar-refractivity contribution in [3.05, 3.63) is 0 Å². The van der Waals surface area contributed by atoms with Gasteiger partial charge in [-0.15, -0.1) is 0 Å². The summed E-state index contributed by atoms with van der Waals surface area (Å²) in [6.07, 6.45) is 3.37. The van der Waals surface area contributed by atoms with E-state index in [1.54, 1.807) is 0 Å². The number of amides is 1. The molecule has 1 aliphatic rings. The first-order chi connectivity index (χ1) is 7.13. The zero-order chi connectivity index (χ0) is 11.3. The molecule has 2 unspecified atom stereocenters. The topological polar surface area (TPSA) is 58.4 Å². The number of hydrogen-bond donors (Lipinski definition) is 2. The molecule has 1 rings (SSSR count). The average molecular weight is 213 g/mol. The van der Waals surface area contributed by atoms with Crippen molar-refractivity contribution >= 4 is 5.91 Å². The van der Waals surface area contributed by atoms with Crippen molar-refractivity contribution in [2.45, 2.75) is 45.2 Å². The van der Waals surface area contributed by atoms with Gasteiger partial charge in [0.15, 0.2) is 0 Å². The Labute approximate surface area is 92.2 Å². The second-order valence-electron chi connectivity index (χ2n) is 4.44. The monoisotopic (exact) mass is 213 g/mol. The molecule has 0 aromatic rings. The van der Waals surface area contributed by atoms with Gasteiger partial charge in [0.05, 0.1) is 6.04 Å². The van der Waals surface area contributed by atoms with Crippen LogP contribution in [0.25, 0.3) is 0 Å². The van der Waals surface area contributed by atoms with Gasteiger partial charge >= 0.3 is 0 Å². The van der Waals surface area contributed by atoms with Crippen molar-refractivity contribution in [2.75, 3.05) is 19.6 Å². The largest absolute Gasteiger partial charge is 0.368 e. The number of nitrogens with zero attached hydrogens (tertiary/aromatic N) is 1. The van der Waals surface area contributed by atoms with Gasteiger partial charge in [0, 0.05) is 12.6 Å². The highest BCUT2D eigenvalue weighted by molar-refractivity contribution is 5.79. The summed E-state index contributed by atoms with van der Waals surface area (Å²) in [5.41, 5.74) is 5.29. The Morgan fingerprint density at radius 3 is 2.53 bits per heavy atom. The Hall–Kier alpha value is -0.610. The number of nitrogens with two attached hydrogens (primary N) is 1. The van der Waals surface area contributed by atoms with E-state index >= 15 is 0 Å². The van der Waals surface area contributed by atoms with Crippen LogP contribution in [0, 0.1) is 0 Å². The first-order valence-corrected chi connectivity index (χ1v) is 5.91. The lowest BCUT2D eigenvalue weighted by Gasteiger charge is -2.24. The predicted molar refractivity (Wildman–Crippen MR) is 61.5 cm³/mol. The van der Waals surface area contributed by atoms with E-state index < -0.39 is 0 Å². The van der Waals surface area contributed by atoms with Crippen LogP contribution in [0.15, 0.2) is 0 Å². The lowest BCUT2D eigenvalue weighted by Crippen LogP contribution is -2.48. The summed E-state index contributed by atoms with van der Waals surface area (Å²) in [5, 5.41) is 3.28. The second-order valence-corrected chi connectivity index (χ2v) is 4.44. The Bertz CT molecular complexity index is 202. The van der Waals surface area contributed by atoms with Crippen molar-refractivity contribution in [1.82, 2.24) is 10.2 Å². The molecule has 3 N–H and O–H groups in total. The van der Waals surface area contributed by atoms with Crippen molar-refractivity contribution in [2.24, 2.45) is 5.73 Å². The number of rotatable bonds is 6. The molecule has 4 nitrogen and oxygen atoms in total. The molecule has 0 aliphatic carbocycles. The first kappa shape index (κ1) is 12.5. The first-order valence-electron chi connectivity index (χ1n) is 5.91. The maximum atomic E-state index is 11.0. The van der Waals surface area contributed by atoms with Crippen LogP contribution in [-0.2, 0) is 4.79 Å². The molecule has 1 saturated heterocycles. The van der Waals surface area contributed by atoms with Crippen LogP contribution in [0.2, 0.25) is 0 Å². The highest BCUT2D eigenvalue weighted by Crippen LogP contribution is 2.07. The molecular weight excluding hydrogens is 190 g/mol. The zero-order valence-electron chi connectivity index (χ0n) is 9.83. The normalized spacial score (nSPS) is 21.5. The van der Waals surface area contributed by atoms with Crippen LogP contribution in [-0.4, -0.2) is 42.5 Å². The van der Waals surface area contributed by atoms with E-state index in [1.165, 1.54) is 25.9 Å². The van der Waals surface area contributed by atoms with E-state index in [4.69, 9.17) is 5.73 Å². The molecule has 0 spiro atoms. The van der Waals surface area contributed by atoms with Crippen LogP contribution in [0.3, 0.4) is 0 Å². The molecule has 15 heavy (non-hydrogen) atoms. The number of carbonyl (C=O) groups is 1. The van der Waals surface area contributed by atoms with Crippen molar-refractivity contribution in [1.29, 1.82) is 0 Å². The highest BCUT2D eigenvalue weighted by atomic mass is 16.1. The third kappa shape index (κ3) is 4.18. The van der Waals surface area contributed by atoms with E-state index in [0.717, 1.165) is 13.0 Å². The van der Waals surface area contributed by atoms with Crippen LogP contribution in [0.1, 0.15) is 33.1 Å². The van der Waals surface area contributed by atoms with E-state index in [0.29, 0.717) is 6.04 Å². The molecule has 1 fully saturated rings. The van der Waals surface area contributed by atoms with Crippen molar-refractivity contribution in [3.8, 4) is 0 Å². The van der Waals surface area contributed by atoms with Gasteiger partial charge in [0.25, 0.3) is 0 Å². The molecule has 88 valence electrons. The zero-order valence-corrected chi connectivity index (χ0v) is 9.83. The fourth-order valence-corrected chi connectivity index (χ4v) is 2.15. The van der Waals surface area contributed by atoms with Gasteiger partial charge in [-0.3, -0.25) is 4.79 Å². The average Bonchev–Trinajstić information content (AvgIpc) is 2.66. The van der Waals surface area contributed by atoms with Gasteiger partial charge in [0.1, 0.15) is 0 Å². The Morgan fingerprint density at radius 1 is 1.47 bits per heavy atom. The van der Waals surface area contributed by atoms with E-state index in [2.05, 4.69) is 17.1 Å². The number of nitrogens with one attached hydrogen (secondary N) is 1. The molecule has 1 amide bonds. The molecule has 4 heteroatoms. The quantitative estimate of drug-likeness (QED) is 0.668. The third-order valence-corrected chi connectivity index (χ3v) is 2.97. The number of hydrogen-bond acceptors (Lipinski definition) is 3. The van der Waals surface area contributed by atoms with Crippen LogP contribution in [0.4, 0.5) is 0 Å². The summed E-state index contributed by atoms with van der Waals surface area (Å²) < 4.78 is 0. The highest BCUT2D eigenvalue weighted by Gasteiger charge is 2.18. The molecule has 0 aromatic heterocycles. The minimum Gasteiger partial charge on any atom is -0.368 e. The number of likely N-dealkylation sites (tertiary alicyclic amines) is 1. The maximum Gasteiger partial charge on any atom is 0.234 e. The van der Waals surface area contributed by atoms with Crippen molar-refractivity contribution in [3.63, 3.8) is 0 Å². The standard InChI is InChI=1S/C11H23N3O/c1-3-10(11(12)15)13-9(2)8-14-6-4-5-7-14/h9-10,13H,3-8H2,1-2H3,(H2,12,15). The van der Waals surface area contributed by atoms with E-state index in [-0.39, 0.29) is 11.9 Å². The molecule has 0 radical (unpaired) electrons. The molecule has 0 bridgehead atoms. The van der Waals surface area contributed by atoms with Crippen LogP contribution in [0.5, 0.6) is 0 Å². The van der Waals surface area contributed by atoms with Gasteiger partial charge in [-0.25, -0.2) is 0 Å². The fraction of sp³-hybridized carbons (Fsp3) is 0.909. The van der Waals surface area contributed by atoms with Crippen molar-refractivity contribution < 1.29 is 4.79 Å². The van der Waals surface area contributed by atoms with Gasteiger partial charge in [0.2, 0.25) is 5.91 Å². The number of primary amides is 1. The third-order valence-electron chi connectivity index (χ3n) is 2.97. The van der Waals surface area contributed by atoms with Gasteiger partial charge in [-0.1, -0.05) is 6.92 Å². The fourth-order valence-electron chi connectivity index (χ4n) is 2.15. The summed E-state index contributed by atoms with van der Waals surface area (Å²) in [6, 6.07) is 0.156. The van der Waals surface area contributed by atoms with Gasteiger partial charge in [-0.2, -0.15) is 0 Å². The Kier molecular flexibility index (Phi) is 5.05. The predicted octanol–water partition coefficient (Wildman–Crippen LogP) is 0.324. The summed E-state index contributed by atoms with van der Waals surface area (Å²) in [6.45, 7) is 7.50. The molecule has 0 saturated carbocycles. The summed E-state index contributed by atoms with van der Waals surface area (Å²) >= 11 is 0. The Balaban J connectivity index is 2.26. The van der Waals surface area contributed by atoms with Gasteiger partial charge in [-0.05, 0) is 39.3 Å². The second kappa shape index (κ2) is 6.08. The maximum absolute atomic E-state index is 11.0. The lowest BCUT2D eigenvalue weighted by molar-refractivity contribution is -0.120. The molecule has 1 heterocycles. The minimum absolute atomic E-state index is 0.178. The SMILES string of the molecule is CCC(NC(C)CN1CCCC1)C(N)=O. The Morgan fingerprint density at radius 2 is 2.07 bits per heavy atom. The molecular formula is C11H23N3O. The summed E-state index contributed by atoms with van der Waals surface area (Å²) in [4.78, 5) is 13.5. The smallest absolute Gasteiger partial charge is 0.234 e. The number of carbonyl (C=O) groups excluding carboxylic acids is 1. The minimum atomic E-state index is -0.245. The van der Waals surface area contributed by atoms with Gasteiger partial charge < -0.3 is 16.0 Å². The molecule has 1 aliphatic heterocycles. The van der Waals surface area contributed by atoms with Crippen LogP contribution < -0.4 is 11.1 Å². The van der Waals surface area contributed by atoms with E-state index in [9.17, 15) is 4.79 Å². The molecule has 0 aromatic carbocycles. The van der Waals surface area contributed by atoms with E-state index in [1.807, 2.05) is 6.92 Å². The molecule has 2 atom stereocenters.